The average molecular weight is 358 g/mol. The van der Waals surface area contributed by atoms with Crippen LogP contribution in [0.5, 0.6) is 0 Å². The summed E-state index contributed by atoms with van der Waals surface area (Å²) in [7, 11) is 0. The van der Waals surface area contributed by atoms with Crippen LogP contribution in [0, 0.1) is 5.82 Å². The highest BCUT2D eigenvalue weighted by Gasteiger charge is 2.26. The van der Waals surface area contributed by atoms with E-state index in [2.05, 4.69) is 25.9 Å². The Labute approximate surface area is 127 Å². The van der Waals surface area contributed by atoms with Gasteiger partial charge in [0.25, 0.3) is 5.56 Å². The van der Waals surface area contributed by atoms with Crippen molar-refractivity contribution in [2.75, 3.05) is 31.3 Å². The summed E-state index contributed by atoms with van der Waals surface area (Å²) in [5, 5.41) is 9.40. The topological polar surface area (TPSA) is 78.5 Å². The smallest absolute Gasteiger partial charge is 0.291 e. The van der Waals surface area contributed by atoms with Gasteiger partial charge in [-0.15, -0.1) is 0 Å². The van der Waals surface area contributed by atoms with Crippen LogP contribution in [-0.2, 0) is 4.74 Å². The van der Waals surface area contributed by atoms with Crippen molar-refractivity contribution in [2.24, 2.45) is 0 Å². The molecule has 0 saturated carbocycles. The predicted octanol–water partition coefficient (Wildman–Crippen LogP) is 1.02. The van der Waals surface area contributed by atoms with Crippen LogP contribution in [0.3, 0.4) is 0 Å². The van der Waals surface area contributed by atoms with Crippen LogP contribution < -0.4 is 10.5 Å². The highest BCUT2D eigenvalue weighted by atomic mass is 79.9. The molecule has 112 valence electrons. The molecule has 0 aliphatic carbocycles. The first kappa shape index (κ1) is 14.4. The number of rotatable bonds is 2. The fraction of sp³-hybridized carbons (Fsp3) is 0.385. The molecular formula is C13H13BrFN3O3. The number of anilines is 1. The third kappa shape index (κ3) is 2.66. The van der Waals surface area contributed by atoms with Gasteiger partial charge in [0.15, 0.2) is 5.82 Å². The lowest BCUT2D eigenvalue weighted by Crippen LogP contribution is -2.50. The second kappa shape index (κ2) is 5.70. The summed E-state index contributed by atoms with van der Waals surface area (Å²) in [5.74, 6) is -0.253. The highest BCUT2D eigenvalue weighted by molar-refractivity contribution is 9.10. The van der Waals surface area contributed by atoms with E-state index in [4.69, 9.17) is 4.74 Å². The lowest BCUT2D eigenvalue weighted by Gasteiger charge is -2.34. The van der Waals surface area contributed by atoms with E-state index in [1.165, 1.54) is 12.1 Å². The number of hydrogen-bond acceptors (Lipinski definition) is 5. The Balaban J connectivity index is 2.14. The molecule has 1 aliphatic heterocycles. The Morgan fingerprint density at radius 3 is 3.14 bits per heavy atom. The van der Waals surface area contributed by atoms with Gasteiger partial charge >= 0.3 is 0 Å². The number of aromatic amines is 1. The minimum Gasteiger partial charge on any atom is -0.394 e. The van der Waals surface area contributed by atoms with Crippen LogP contribution in [0.2, 0.25) is 0 Å². The quantitative estimate of drug-likeness (QED) is 0.838. The number of benzene rings is 1. The SMILES string of the molecule is O=c1[nH]c2cc(F)cc(Br)c2nc1N1CCOC[C@H]1CO. The van der Waals surface area contributed by atoms with E-state index in [0.29, 0.717) is 35.3 Å². The zero-order valence-corrected chi connectivity index (χ0v) is 12.6. The minimum absolute atomic E-state index is 0.135. The van der Waals surface area contributed by atoms with E-state index >= 15 is 0 Å². The Hall–Kier alpha value is -1.51. The van der Waals surface area contributed by atoms with Crippen molar-refractivity contribution in [3.8, 4) is 0 Å². The van der Waals surface area contributed by atoms with E-state index in [-0.39, 0.29) is 18.5 Å². The van der Waals surface area contributed by atoms with Gasteiger partial charge in [-0.2, -0.15) is 0 Å². The molecular weight excluding hydrogens is 345 g/mol. The fourth-order valence-corrected chi connectivity index (χ4v) is 2.91. The number of aromatic nitrogens is 2. The summed E-state index contributed by atoms with van der Waals surface area (Å²) in [5.41, 5.74) is 0.374. The maximum absolute atomic E-state index is 13.4. The highest BCUT2D eigenvalue weighted by Crippen LogP contribution is 2.24. The number of nitrogens with zero attached hydrogens (tertiary/aromatic N) is 2. The van der Waals surface area contributed by atoms with Crippen molar-refractivity contribution in [1.82, 2.24) is 9.97 Å². The van der Waals surface area contributed by atoms with Gasteiger partial charge in [-0.25, -0.2) is 9.37 Å². The zero-order chi connectivity index (χ0) is 15.0. The van der Waals surface area contributed by atoms with E-state index in [9.17, 15) is 14.3 Å². The van der Waals surface area contributed by atoms with Crippen molar-refractivity contribution in [3.63, 3.8) is 0 Å². The molecule has 0 amide bonds. The second-order valence-electron chi connectivity index (χ2n) is 4.78. The number of aliphatic hydroxyl groups is 1. The first-order valence-corrected chi connectivity index (χ1v) is 7.24. The molecule has 1 aromatic carbocycles. The Bertz CT molecular complexity index is 736. The van der Waals surface area contributed by atoms with E-state index in [1.54, 1.807) is 4.90 Å². The number of morpholine rings is 1. The number of halogens is 2. The second-order valence-corrected chi connectivity index (χ2v) is 5.63. The fourth-order valence-electron chi connectivity index (χ4n) is 2.39. The minimum atomic E-state index is -0.459. The van der Waals surface area contributed by atoms with Gasteiger partial charge in [0.05, 0.1) is 31.4 Å². The standard InChI is InChI=1S/C13H13BrFN3O3/c14-9-3-7(15)4-10-11(9)17-12(13(20)16-10)18-1-2-21-6-8(18)5-19/h3-4,8,19H,1-2,5-6H2,(H,16,20)/t8-/m1/s1. The predicted molar refractivity (Wildman–Crippen MR) is 79.1 cm³/mol. The molecule has 0 bridgehead atoms. The molecule has 1 saturated heterocycles. The lowest BCUT2D eigenvalue weighted by atomic mass is 10.2. The van der Waals surface area contributed by atoms with Gasteiger partial charge in [0.2, 0.25) is 0 Å². The molecule has 2 aromatic rings. The van der Waals surface area contributed by atoms with Gasteiger partial charge in [-0.3, -0.25) is 4.79 Å². The van der Waals surface area contributed by atoms with Gasteiger partial charge < -0.3 is 19.7 Å². The van der Waals surface area contributed by atoms with Crippen LogP contribution in [0.25, 0.3) is 11.0 Å². The monoisotopic (exact) mass is 357 g/mol. The van der Waals surface area contributed by atoms with Gasteiger partial charge in [0, 0.05) is 11.0 Å². The first-order chi connectivity index (χ1) is 10.1. The van der Waals surface area contributed by atoms with Gasteiger partial charge in [-0.05, 0) is 28.1 Å². The van der Waals surface area contributed by atoms with Crippen molar-refractivity contribution in [2.45, 2.75) is 6.04 Å². The zero-order valence-electron chi connectivity index (χ0n) is 11.0. The molecule has 1 atom stereocenters. The molecule has 8 heteroatoms. The van der Waals surface area contributed by atoms with Crippen LogP contribution >= 0.6 is 15.9 Å². The molecule has 21 heavy (non-hydrogen) atoms. The van der Waals surface area contributed by atoms with Crippen molar-refractivity contribution in [1.29, 1.82) is 0 Å². The summed E-state index contributed by atoms with van der Waals surface area (Å²) in [6.45, 7) is 1.12. The summed E-state index contributed by atoms with van der Waals surface area (Å²) < 4.78 is 19.1. The van der Waals surface area contributed by atoms with Crippen LogP contribution in [-0.4, -0.2) is 47.5 Å². The van der Waals surface area contributed by atoms with Gasteiger partial charge in [0.1, 0.15) is 11.3 Å². The maximum Gasteiger partial charge on any atom is 0.291 e. The molecule has 1 fully saturated rings. The number of nitrogens with one attached hydrogen (secondary N) is 1. The number of aliphatic hydroxyl groups excluding tert-OH is 1. The van der Waals surface area contributed by atoms with Crippen molar-refractivity contribution < 1.29 is 14.2 Å². The molecule has 2 N–H and O–H groups in total. The molecule has 6 nitrogen and oxygen atoms in total. The Morgan fingerprint density at radius 2 is 2.38 bits per heavy atom. The number of H-pyrrole nitrogens is 1. The van der Waals surface area contributed by atoms with E-state index in [1.807, 2.05) is 0 Å². The summed E-state index contributed by atoms with van der Waals surface area (Å²) in [6.07, 6.45) is 0. The molecule has 3 rings (SSSR count). The lowest BCUT2D eigenvalue weighted by molar-refractivity contribution is 0.0722. The third-order valence-electron chi connectivity index (χ3n) is 3.41. The Morgan fingerprint density at radius 1 is 1.57 bits per heavy atom. The number of hydrogen-bond donors (Lipinski definition) is 2. The molecule has 0 spiro atoms. The molecule has 1 aliphatic rings. The Kier molecular flexibility index (Phi) is 3.92. The maximum atomic E-state index is 13.4. The average Bonchev–Trinajstić information content (AvgIpc) is 2.46. The molecule has 0 unspecified atom stereocenters. The third-order valence-corrected chi connectivity index (χ3v) is 4.01. The first-order valence-electron chi connectivity index (χ1n) is 6.44. The van der Waals surface area contributed by atoms with Crippen molar-refractivity contribution in [3.05, 3.63) is 32.8 Å². The summed E-state index contributed by atoms with van der Waals surface area (Å²) in [4.78, 5) is 20.9. The summed E-state index contributed by atoms with van der Waals surface area (Å²) in [6, 6.07) is 2.20. The van der Waals surface area contributed by atoms with E-state index in [0.717, 1.165) is 0 Å². The molecule has 0 radical (unpaired) electrons. The number of ether oxygens (including phenoxy) is 1. The summed E-state index contributed by atoms with van der Waals surface area (Å²) >= 11 is 3.25. The van der Waals surface area contributed by atoms with Gasteiger partial charge in [-0.1, -0.05) is 0 Å². The van der Waals surface area contributed by atoms with E-state index < -0.39 is 11.4 Å². The molecule has 2 heterocycles. The molecule has 1 aromatic heterocycles. The number of fused-ring (bicyclic) bond motifs is 1. The van der Waals surface area contributed by atoms with Crippen LogP contribution in [0.15, 0.2) is 21.4 Å². The largest absolute Gasteiger partial charge is 0.394 e. The van der Waals surface area contributed by atoms with Crippen LogP contribution in [0.4, 0.5) is 10.2 Å². The van der Waals surface area contributed by atoms with Crippen LogP contribution in [0.1, 0.15) is 0 Å². The van der Waals surface area contributed by atoms with Crippen molar-refractivity contribution >= 4 is 32.8 Å². The normalized spacial score (nSPS) is 19.2.